The highest BCUT2D eigenvalue weighted by atomic mass is 32.2. The number of amides is 1. The Labute approximate surface area is 438 Å². The van der Waals surface area contributed by atoms with Gasteiger partial charge in [-0.25, -0.2) is 14.5 Å². The van der Waals surface area contributed by atoms with Crippen molar-refractivity contribution in [2.75, 3.05) is 95.9 Å². The lowest BCUT2D eigenvalue weighted by atomic mass is 9.87. The number of H-pyrrole nitrogens is 2. The maximum absolute atomic E-state index is 13.0. The summed E-state index contributed by atoms with van der Waals surface area (Å²) in [5.74, 6) is 2.94. The van der Waals surface area contributed by atoms with Gasteiger partial charge in [0.1, 0.15) is 39.6 Å². The average Bonchev–Trinajstić information content (AvgIpc) is 4.05. The number of imidazole rings is 2. The minimum Gasteiger partial charge on any atom is -0.545 e. The number of ether oxygens (including phenoxy) is 1. The van der Waals surface area contributed by atoms with Gasteiger partial charge in [-0.2, -0.15) is 11.8 Å². The minimum absolute atomic E-state index is 0.0644. The van der Waals surface area contributed by atoms with E-state index in [1.54, 1.807) is 12.1 Å². The highest BCUT2D eigenvalue weighted by Crippen LogP contribution is 2.44. The van der Waals surface area contributed by atoms with E-state index < -0.39 is 14.0 Å². The van der Waals surface area contributed by atoms with E-state index in [1.165, 1.54) is 16.1 Å². The molecule has 1 unspecified atom stereocenters. The summed E-state index contributed by atoms with van der Waals surface area (Å²) in [6, 6.07) is 35.5. The van der Waals surface area contributed by atoms with E-state index in [0.717, 1.165) is 135 Å². The lowest BCUT2D eigenvalue weighted by molar-refractivity contribution is -0.462. The maximum atomic E-state index is 13.0. The molecule has 0 saturated carbocycles. The van der Waals surface area contributed by atoms with Crippen molar-refractivity contribution in [2.24, 2.45) is 0 Å². The number of carbonyl (C=O) groups is 2. The number of carbonyl (C=O) groups excluding carboxylic acids is 2. The second-order valence-electron chi connectivity index (χ2n) is 20.2. The van der Waals surface area contributed by atoms with Crippen LogP contribution in [0.3, 0.4) is 0 Å². The van der Waals surface area contributed by atoms with Crippen LogP contribution in [0, 0.1) is 0 Å². The van der Waals surface area contributed by atoms with Gasteiger partial charge in [0, 0.05) is 99.2 Å². The zero-order valence-electron chi connectivity index (χ0n) is 43.3. The van der Waals surface area contributed by atoms with Gasteiger partial charge in [-0.05, 0) is 143 Å². The van der Waals surface area contributed by atoms with Gasteiger partial charge in [0.25, 0.3) is 0 Å². The minimum atomic E-state index is -2.41. The van der Waals surface area contributed by atoms with Crippen LogP contribution in [-0.2, 0) is 4.79 Å². The first-order valence-corrected chi connectivity index (χ1v) is 29.5. The monoisotopic (exact) mass is 1020 g/mol. The molecule has 10 rings (SSSR count). The van der Waals surface area contributed by atoms with Crippen molar-refractivity contribution in [3.05, 3.63) is 149 Å². The van der Waals surface area contributed by atoms with Gasteiger partial charge in [-0.15, -0.1) is 0 Å². The van der Waals surface area contributed by atoms with Gasteiger partial charge in [0.15, 0.2) is 5.71 Å². The van der Waals surface area contributed by atoms with Crippen molar-refractivity contribution in [2.45, 2.75) is 31.9 Å². The number of aromatic nitrogens is 4. The lowest BCUT2D eigenvalue weighted by Gasteiger charge is -2.41. The molecule has 2 aliphatic heterocycles. The fourth-order valence-corrected chi connectivity index (χ4v) is 16.5. The van der Waals surface area contributed by atoms with E-state index in [2.05, 4.69) is 143 Å². The number of benzene rings is 5. The number of nitrogens with zero attached hydrogens (tertiary/aromatic N) is 6. The Hall–Kier alpha value is -7.20. The second-order valence-corrected chi connectivity index (χ2v) is 25.7. The summed E-state index contributed by atoms with van der Waals surface area (Å²) in [7, 11) is 7.98. The quantitative estimate of drug-likeness (QED) is 0.0440. The van der Waals surface area contributed by atoms with Gasteiger partial charge in [-0.3, -0.25) is 4.79 Å². The number of likely N-dealkylation sites (N-methyl/N-ethyl adjacent to an activating group) is 1. The molecule has 1 fully saturated rings. The number of hydrogen-bond acceptors (Lipinski definition) is 10. The Kier molecular flexibility index (Phi) is 14.8. The maximum Gasteiger partial charge on any atom is 0.220 e. The Balaban J connectivity index is 0.690. The first-order valence-electron chi connectivity index (χ1n) is 25.7. The van der Waals surface area contributed by atoms with Crippen molar-refractivity contribution >= 4 is 81.6 Å². The molecule has 1 atom stereocenters. The molecule has 7 aromatic rings. The van der Waals surface area contributed by atoms with Gasteiger partial charge in [0.05, 0.1) is 34.6 Å². The molecule has 3 aliphatic rings. The Morgan fingerprint density at radius 3 is 2.28 bits per heavy atom. The number of anilines is 2. The number of nitrogens with one attached hydrogen (secondary N) is 3. The van der Waals surface area contributed by atoms with Gasteiger partial charge >= 0.3 is 0 Å². The molecule has 13 nitrogen and oxygen atoms in total. The number of hydrogen-bond donors (Lipinski definition) is 3. The Morgan fingerprint density at radius 1 is 0.824 bits per heavy atom. The smallest absolute Gasteiger partial charge is 0.220 e. The molecule has 380 valence electrons. The van der Waals surface area contributed by atoms with E-state index in [1.807, 2.05) is 54.2 Å². The number of aromatic amines is 2. The summed E-state index contributed by atoms with van der Waals surface area (Å²) in [5, 5.41) is 18.2. The molecule has 1 aliphatic carbocycles. The predicted octanol–water partition coefficient (Wildman–Crippen LogP) is 7.90. The second kappa shape index (κ2) is 21.7. The van der Waals surface area contributed by atoms with Crippen LogP contribution in [0.25, 0.3) is 50.4 Å². The van der Waals surface area contributed by atoms with Crippen LogP contribution in [0.2, 0.25) is 12.6 Å². The van der Waals surface area contributed by atoms with Crippen LogP contribution >= 0.6 is 11.8 Å². The fraction of sp³-hybridized carbons (Fsp3) is 0.305. The summed E-state index contributed by atoms with van der Waals surface area (Å²) >= 11 is 1.83. The standard InChI is InChI=1S/C59H65N9O4SSi/c1-65(2)41-16-21-47-53(37-41)74(6,54-38-42(66(3)4)17-22-48(54)56(47)45-11-7-8-12-46(45)59(70)71)34-33-73-32-25-55(69)60-26-9-10-31-72-44-19-13-39(14-20-44)57-61-49-23-15-40(35-51(49)63-57)58-62-50-24-18-43(36-52(50)64-58)68-29-27-67(5)28-30-68/h7-8,11-24,35-38H,9-10,25-34H2,1-6H3,(H3-,60,61,62,63,64,69,70,71). The molecule has 3 N–H and O–H groups in total. The van der Waals surface area contributed by atoms with Gasteiger partial charge < -0.3 is 44.6 Å². The van der Waals surface area contributed by atoms with Crippen LogP contribution in [0.5, 0.6) is 5.75 Å². The van der Waals surface area contributed by atoms with Crippen molar-refractivity contribution in [3.8, 4) is 28.5 Å². The van der Waals surface area contributed by atoms with E-state index in [4.69, 9.17) is 14.7 Å². The molecule has 1 saturated heterocycles. The molecule has 5 aromatic carbocycles. The topological polar surface area (TPSA) is 149 Å². The van der Waals surface area contributed by atoms with Crippen LogP contribution in [-0.4, -0.2) is 141 Å². The molecule has 0 spiro atoms. The van der Waals surface area contributed by atoms with Gasteiger partial charge in [-0.1, -0.05) is 36.9 Å². The highest BCUT2D eigenvalue weighted by molar-refractivity contribution is 7.99. The van der Waals surface area contributed by atoms with E-state index in [0.29, 0.717) is 25.1 Å². The number of rotatable bonds is 18. The molecule has 2 aromatic heterocycles. The number of carboxylic acid groups (broad SMARTS) is 1. The zero-order chi connectivity index (χ0) is 51.5. The summed E-state index contributed by atoms with van der Waals surface area (Å²) in [5.41, 5.74) is 13.2. The lowest BCUT2D eigenvalue weighted by Crippen LogP contribution is -2.52. The van der Waals surface area contributed by atoms with Crippen molar-refractivity contribution in [1.29, 1.82) is 0 Å². The summed E-state index contributed by atoms with van der Waals surface area (Å²) in [4.78, 5) is 49.2. The van der Waals surface area contributed by atoms with E-state index in [9.17, 15) is 14.7 Å². The van der Waals surface area contributed by atoms with Crippen LogP contribution in [0.15, 0.2) is 132 Å². The molecule has 1 amide bonds. The number of fused-ring (bicyclic) bond motifs is 4. The number of allylic oxidation sites excluding steroid dienone is 5. The fourth-order valence-electron chi connectivity index (χ4n) is 10.4. The largest absolute Gasteiger partial charge is 0.545 e. The third kappa shape index (κ3) is 10.6. The summed E-state index contributed by atoms with van der Waals surface area (Å²) in [6.45, 7) is 7.79. The number of aromatic carboxylic acids is 1. The Bertz CT molecular complexity index is 3380. The van der Waals surface area contributed by atoms with E-state index in [-0.39, 0.29) is 11.5 Å². The number of unbranched alkanes of at least 4 members (excludes halogenated alkanes) is 1. The molecular weight excluding hydrogens is 959 g/mol. The van der Waals surface area contributed by atoms with Crippen molar-refractivity contribution < 1.29 is 24.0 Å². The molecule has 15 heteroatoms. The Morgan fingerprint density at radius 2 is 1.54 bits per heavy atom. The van der Waals surface area contributed by atoms with Crippen LogP contribution < -0.4 is 30.1 Å². The van der Waals surface area contributed by atoms with Crippen LogP contribution in [0.4, 0.5) is 11.4 Å². The molecule has 74 heavy (non-hydrogen) atoms. The number of carboxylic acids is 1. The normalized spacial score (nSPS) is 16.6. The van der Waals surface area contributed by atoms with Crippen LogP contribution in [0.1, 0.15) is 40.7 Å². The molecule has 0 radical (unpaired) electrons. The summed E-state index contributed by atoms with van der Waals surface area (Å²) in [6.07, 6.45) is 8.72. The molecular formula is C59H65N9O4SSi. The van der Waals surface area contributed by atoms with Crippen molar-refractivity contribution in [3.63, 3.8) is 0 Å². The van der Waals surface area contributed by atoms with Crippen molar-refractivity contribution in [1.82, 2.24) is 30.2 Å². The summed E-state index contributed by atoms with van der Waals surface area (Å²) < 4.78 is 8.21. The SMILES string of the molecule is CN1CCN(c2ccc3nc(-c4ccc5nc(-c6ccc(OCCCCNC(=O)CCSCC[Si]7(C)C8=CC(=[N+](C)C)C=CC8=C(c8ccccc8C(=O)[O-])c8ccc(N(C)C)cc87)cc6)[nH]c5c4)[nH]c3c2)CC1. The first-order chi connectivity index (χ1) is 35.8. The predicted molar refractivity (Wildman–Crippen MR) is 304 cm³/mol. The first kappa shape index (κ1) is 50.3. The third-order valence-corrected chi connectivity index (χ3v) is 20.6. The zero-order valence-corrected chi connectivity index (χ0v) is 45.1. The number of piperazine rings is 1. The molecule has 4 heterocycles. The van der Waals surface area contributed by atoms with E-state index >= 15 is 0 Å². The molecule has 0 bridgehead atoms. The number of thioether (sulfide) groups is 1. The van der Waals surface area contributed by atoms with Gasteiger partial charge in [0.2, 0.25) is 5.91 Å². The third-order valence-electron chi connectivity index (χ3n) is 14.8. The highest BCUT2D eigenvalue weighted by Gasteiger charge is 2.44. The average molecular weight is 1020 g/mol.